The first-order chi connectivity index (χ1) is 16.5. The van der Waals surface area contributed by atoms with Crippen LogP contribution in [0.5, 0.6) is 5.75 Å². The highest BCUT2D eigenvalue weighted by molar-refractivity contribution is 6.06. The predicted octanol–water partition coefficient (Wildman–Crippen LogP) is 3.75. The van der Waals surface area contributed by atoms with Gasteiger partial charge in [0.25, 0.3) is 5.91 Å². The maximum absolute atomic E-state index is 14.4. The molecule has 1 fully saturated rings. The lowest BCUT2D eigenvalue weighted by atomic mass is 9.99. The third-order valence-corrected chi connectivity index (χ3v) is 6.33. The zero-order valence-corrected chi connectivity index (χ0v) is 19.1. The Kier molecular flexibility index (Phi) is 5.72. The summed E-state index contributed by atoms with van der Waals surface area (Å²) < 4.78 is 19.7. The van der Waals surface area contributed by atoms with Gasteiger partial charge in [0.2, 0.25) is 0 Å². The van der Waals surface area contributed by atoms with Crippen molar-refractivity contribution in [2.75, 3.05) is 25.5 Å². The van der Waals surface area contributed by atoms with Crippen LogP contribution in [0.4, 0.5) is 15.8 Å². The number of halogens is 1. The van der Waals surface area contributed by atoms with E-state index < -0.39 is 5.82 Å². The number of methoxy groups -OCH3 is 1. The summed E-state index contributed by atoms with van der Waals surface area (Å²) in [6.07, 6.45) is 6.16. The van der Waals surface area contributed by atoms with Gasteiger partial charge in [0.05, 0.1) is 40.8 Å². The van der Waals surface area contributed by atoms with E-state index in [2.05, 4.69) is 44.7 Å². The molecular weight excluding hydrogens is 433 g/mol. The fraction of sp³-hybridized carbons (Fsp3) is 0.308. The van der Waals surface area contributed by atoms with Gasteiger partial charge in [0.1, 0.15) is 0 Å². The topological polar surface area (TPSA) is 91.1 Å². The molecule has 0 spiro atoms. The van der Waals surface area contributed by atoms with Crippen molar-refractivity contribution < 1.29 is 13.9 Å². The second-order valence-electron chi connectivity index (χ2n) is 8.71. The number of benzene rings is 1. The fourth-order valence-corrected chi connectivity index (χ4v) is 4.57. The summed E-state index contributed by atoms with van der Waals surface area (Å²) in [7, 11) is 1.41. The highest BCUT2D eigenvalue weighted by atomic mass is 19.1. The minimum absolute atomic E-state index is 0.0783. The standard InChI is InChI=1S/C26H26FN5O2/c1-26(10-4-12-30-26)11-7-16-15-28-13-8-17(16)22-23(21-19(31-22)9-14-29-25(21)33)32-20-6-3-5-18(27)24(20)34-2/h3,5-6,8,13,15,30-32H,4,9-10,12,14H2,1-2H3,(H,29,33)/t26-/m1/s1. The van der Waals surface area contributed by atoms with Crippen molar-refractivity contribution in [1.29, 1.82) is 0 Å². The minimum atomic E-state index is -0.490. The molecule has 0 unspecified atom stereocenters. The highest BCUT2D eigenvalue weighted by Crippen LogP contribution is 2.40. The van der Waals surface area contributed by atoms with E-state index in [1.807, 2.05) is 6.07 Å². The molecule has 0 radical (unpaired) electrons. The molecule has 0 bridgehead atoms. The third kappa shape index (κ3) is 3.99. The van der Waals surface area contributed by atoms with Crippen LogP contribution in [0, 0.1) is 17.7 Å². The molecule has 1 amide bonds. The van der Waals surface area contributed by atoms with Crippen LogP contribution in [0.1, 0.15) is 41.4 Å². The van der Waals surface area contributed by atoms with Crippen LogP contribution in [0.25, 0.3) is 11.3 Å². The van der Waals surface area contributed by atoms with Gasteiger partial charge in [-0.2, -0.15) is 0 Å². The molecule has 174 valence electrons. The number of carbonyl (C=O) groups is 1. The van der Waals surface area contributed by atoms with E-state index in [4.69, 9.17) is 4.74 Å². The number of hydrogen-bond acceptors (Lipinski definition) is 5. The van der Waals surface area contributed by atoms with Crippen molar-refractivity contribution in [2.45, 2.75) is 31.7 Å². The molecule has 2 aliphatic rings. The first kappa shape index (κ1) is 22.0. The van der Waals surface area contributed by atoms with Crippen LogP contribution in [0.2, 0.25) is 0 Å². The van der Waals surface area contributed by atoms with Gasteiger partial charge in [-0.05, 0) is 44.5 Å². The number of nitrogens with one attached hydrogen (secondary N) is 4. The Bertz CT molecular complexity index is 1310. The van der Waals surface area contributed by atoms with Crippen LogP contribution < -0.4 is 20.7 Å². The molecule has 8 heteroatoms. The molecule has 2 aliphatic heterocycles. The summed E-state index contributed by atoms with van der Waals surface area (Å²) in [5.74, 6) is 6.07. The Morgan fingerprint density at radius 2 is 2.15 bits per heavy atom. The van der Waals surface area contributed by atoms with Crippen LogP contribution in [0.3, 0.4) is 0 Å². The SMILES string of the molecule is COc1c(F)cccc1Nc1c(-c2ccncc2C#C[C@@]2(C)CCCN2)[nH]c2c1C(=O)NCC2. The molecular formula is C26H26FN5O2. The van der Waals surface area contributed by atoms with Gasteiger partial charge in [0.15, 0.2) is 11.6 Å². The van der Waals surface area contributed by atoms with E-state index in [1.54, 1.807) is 24.5 Å². The van der Waals surface area contributed by atoms with Crippen LogP contribution in [-0.4, -0.2) is 41.6 Å². The number of carbonyl (C=O) groups excluding carboxylic acids is 1. The number of anilines is 2. The second-order valence-corrected chi connectivity index (χ2v) is 8.71. The molecule has 4 N–H and O–H groups in total. The summed E-state index contributed by atoms with van der Waals surface area (Å²) in [6.45, 7) is 3.60. The van der Waals surface area contributed by atoms with E-state index in [-0.39, 0.29) is 17.2 Å². The summed E-state index contributed by atoms with van der Waals surface area (Å²) in [5.41, 5.74) is 4.31. The maximum atomic E-state index is 14.4. The van der Waals surface area contributed by atoms with Gasteiger partial charge < -0.3 is 25.7 Å². The quantitative estimate of drug-likeness (QED) is 0.446. The van der Waals surface area contributed by atoms with E-state index in [0.717, 1.165) is 36.2 Å². The number of aromatic nitrogens is 2. The molecule has 34 heavy (non-hydrogen) atoms. The van der Waals surface area contributed by atoms with Crippen LogP contribution >= 0.6 is 0 Å². The summed E-state index contributed by atoms with van der Waals surface area (Å²) >= 11 is 0. The van der Waals surface area contributed by atoms with Crippen molar-refractivity contribution in [3.8, 4) is 28.8 Å². The maximum Gasteiger partial charge on any atom is 0.255 e. The zero-order valence-electron chi connectivity index (χ0n) is 19.1. The van der Waals surface area contributed by atoms with Gasteiger partial charge in [-0.3, -0.25) is 9.78 Å². The number of H-pyrrole nitrogens is 1. The number of para-hydroxylation sites is 1. The Labute approximate surface area is 197 Å². The summed E-state index contributed by atoms with van der Waals surface area (Å²) in [4.78, 5) is 20.6. The number of aromatic amines is 1. The molecule has 5 rings (SSSR count). The number of fused-ring (bicyclic) bond motifs is 1. The largest absolute Gasteiger partial charge is 0.492 e. The highest BCUT2D eigenvalue weighted by Gasteiger charge is 2.29. The van der Waals surface area contributed by atoms with Gasteiger partial charge in [0, 0.05) is 36.6 Å². The van der Waals surface area contributed by atoms with Crippen molar-refractivity contribution in [2.24, 2.45) is 0 Å². The van der Waals surface area contributed by atoms with Crippen molar-refractivity contribution in [1.82, 2.24) is 20.6 Å². The monoisotopic (exact) mass is 459 g/mol. The lowest BCUT2D eigenvalue weighted by molar-refractivity contribution is 0.0947. The number of pyridine rings is 1. The Balaban J connectivity index is 1.65. The minimum Gasteiger partial charge on any atom is -0.492 e. The number of hydrogen-bond donors (Lipinski definition) is 4. The molecule has 1 aromatic carbocycles. The van der Waals surface area contributed by atoms with Crippen LogP contribution in [0.15, 0.2) is 36.7 Å². The van der Waals surface area contributed by atoms with Gasteiger partial charge in [-0.25, -0.2) is 4.39 Å². The molecule has 2 aromatic heterocycles. The number of ether oxygens (including phenoxy) is 1. The Hall–Kier alpha value is -3.83. The molecule has 0 saturated carbocycles. The van der Waals surface area contributed by atoms with Gasteiger partial charge in [-0.15, -0.1) is 0 Å². The summed E-state index contributed by atoms with van der Waals surface area (Å²) in [5, 5.41) is 9.62. The van der Waals surface area contributed by atoms with Crippen molar-refractivity contribution >= 4 is 17.3 Å². The lowest BCUT2D eigenvalue weighted by Gasteiger charge is -2.17. The second kappa shape index (κ2) is 8.84. The van der Waals surface area contributed by atoms with E-state index >= 15 is 0 Å². The Morgan fingerprint density at radius 1 is 1.26 bits per heavy atom. The zero-order chi connectivity index (χ0) is 23.7. The number of rotatable bonds is 4. The molecule has 7 nitrogen and oxygen atoms in total. The molecule has 3 aromatic rings. The average Bonchev–Trinajstić information content (AvgIpc) is 3.43. The normalized spacial score (nSPS) is 19.1. The van der Waals surface area contributed by atoms with E-state index in [0.29, 0.717) is 35.6 Å². The molecule has 1 atom stereocenters. The molecule has 4 heterocycles. The van der Waals surface area contributed by atoms with Crippen molar-refractivity contribution in [3.05, 3.63) is 59.3 Å². The first-order valence-corrected chi connectivity index (χ1v) is 11.3. The Morgan fingerprint density at radius 3 is 2.94 bits per heavy atom. The van der Waals surface area contributed by atoms with Crippen molar-refractivity contribution in [3.63, 3.8) is 0 Å². The van der Waals surface area contributed by atoms with E-state index in [1.165, 1.54) is 13.2 Å². The fourth-order valence-electron chi connectivity index (χ4n) is 4.57. The molecule has 0 aliphatic carbocycles. The third-order valence-electron chi connectivity index (χ3n) is 6.33. The average molecular weight is 460 g/mol. The van der Waals surface area contributed by atoms with Crippen LogP contribution in [-0.2, 0) is 6.42 Å². The van der Waals surface area contributed by atoms with Gasteiger partial charge in [-0.1, -0.05) is 17.9 Å². The van der Waals surface area contributed by atoms with Gasteiger partial charge >= 0.3 is 0 Å². The number of amides is 1. The predicted molar refractivity (Wildman–Crippen MR) is 129 cm³/mol. The first-order valence-electron chi connectivity index (χ1n) is 11.3. The smallest absolute Gasteiger partial charge is 0.255 e. The van der Waals surface area contributed by atoms with E-state index in [9.17, 15) is 9.18 Å². The lowest BCUT2D eigenvalue weighted by Crippen LogP contribution is -2.34. The molecule has 1 saturated heterocycles. The summed E-state index contributed by atoms with van der Waals surface area (Å²) in [6, 6.07) is 6.51. The number of nitrogens with zero attached hydrogens (tertiary/aromatic N) is 1.